The second kappa shape index (κ2) is 9.05. The number of ether oxygens (including phenoxy) is 1. The molecule has 0 aliphatic carbocycles. The molecule has 1 aromatic carbocycles. The van der Waals surface area contributed by atoms with Crippen molar-refractivity contribution in [2.45, 2.75) is 19.5 Å². The first-order valence-corrected chi connectivity index (χ1v) is 8.01. The van der Waals surface area contributed by atoms with Gasteiger partial charge in [0.25, 0.3) is 6.43 Å². The number of hydrogen-bond acceptors (Lipinski definition) is 2. The Morgan fingerprint density at radius 3 is 2.76 bits per heavy atom. The van der Waals surface area contributed by atoms with E-state index in [1.54, 1.807) is 25.2 Å². The summed E-state index contributed by atoms with van der Waals surface area (Å²) in [7, 11) is 5.70. The molecule has 1 aromatic heterocycles. The average Bonchev–Trinajstić information content (AvgIpc) is 2.99. The van der Waals surface area contributed by atoms with E-state index in [-0.39, 0.29) is 0 Å². The molecule has 5 nitrogen and oxygen atoms in total. The number of nitrogens with one attached hydrogen (secondary N) is 1. The van der Waals surface area contributed by atoms with Crippen molar-refractivity contribution in [1.82, 2.24) is 14.8 Å². The van der Waals surface area contributed by atoms with Crippen LogP contribution in [0.2, 0.25) is 0 Å². The summed E-state index contributed by atoms with van der Waals surface area (Å²) >= 11 is 0. The molecule has 1 heterocycles. The standard InChI is InChI=1S/C18H24F2N4O/c1-21-18(24(3)12-15-7-5-9-23(15)2)22-11-14-6-4-8-16(10-14)25-13-17(19)20/h4-10,17H,11-13H2,1-3H3,(H,21,22). The van der Waals surface area contributed by atoms with Gasteiger partial charge in [-0.1, -0.05) is 12.1 Å². The maximum absolute atomic E-state index is 12.2. The molecule has 0 radical (unpaired) electrons. The Balaban J connectivity index is 1.92. The zero-order chi connectivity index (χ0) is 18.2. The number of rotatable bonds is 7. The number of guanidine groups is 1. The van der Waals surface area contributed by atoms with Crippen LogP contribution >= 0.6 is 0 Å². The van der Waals surface area contributed by atoms with Crippen molar-refractivity contribution in [2.75, 3.05) is 20.7 Å². The van der Waals surface area contributed by atoms with Gasteiger partial charge in [0.15, 0.2) is 5.96 Å². The van der Waals surface area contributed by atoms with Gasteiger partial charge in [-0.05, 0) is 29.8 Å². The Bertz CT molecular complexity index is 700. The van der Waals surface area contributed by atoms with Crippen LogP contribution in [0.4, 0.5) is 8.78 Å². The molecule has 25 heavy (non-hydrogen) atoms. The largest absolute Gasteiger partial charge is 0.488 e. The van der Waals surface area contributed by atoms with Gasteiger partial charge in [-0.3, -0.25) is 4.99 Å². The normalized spacial score (nSPS) is 11.7. The van der Waals surface area contributed by atoms with E-state index in [4.69, 9.17) is 4.74 Å². The van der Waals surface area contributed by atoms with Crippen LogP contribution in [-0.2, 0) is 20.1 Å². The third-order valence-corrected chi connectivity index (χ3v) is 3.75. The Hall–Kier alpha value is -2.57. The molecule has 0 amide bonds. The molecule has 0 unspecified atom stereocenters. The Labute approximate surface area is 146 Å². The van der Waals surface area contributed by atoms with Crippen LogP contribution in [0.3, 0.4) is 0 Å². The van der Waals surface area contributed by atoms with E-state index in [1.807, 2.05) is 37.3 Å². The van der Waals surface area contributed by atoms with Crippen LogP contribution in [0.15, 0.2) is 47.6 Å². The third-order valence-electron chi connectivity index (χ3n) is 3.75. The molecule has 0 fully saturated rings. The lowest BCUT2D eigenvalue weighted by molar-refractivity contribution is 0.0818. The Morgan fingerprint density at radius 2 is 2.12 bits per heavy atom. The van der Waals surface area contributed by atoms with E-state index in [2.05, 4.69) is 20.9 Å². The fourth-order valence-electron chi connectivity index (χ4n) is 2.45. The quantitative estimate of drug-likeness (QED) is 0.617. The topological polar surface area (TPSA) is 41.8 Å². The summed E-state index contributed by atoms with van der Waals surface area (Å²) in [4.78, 5) is 6.31. The molecule has 0 saturated carbocycles. The molecular weight excluding hydrogens is 326 g/mol. The lowest BCUT2D eigenvalue weighted by Gasteiger charge is -2.22. The first-order valence-electron chi connectivity index (χ1n) is 8.01. The lowest BCUT2D eigenvalue weighted by atomic mass is 10.2. The maximum atomic E-state index is 12.2. The summed E-state index contributed by atoms with van der Waals surface area (Å²) < 4.78 is 31.6. The first-order chi connectivity index (χ1) is 12.0. The molecule has 2 aromatic rings. The second-order valence-electron chi connectivity index (χ2n) is 5.72. The van der Waals surface area contributed by atoms with Crippen molar-refractivity contribution < 1.29 is 13.5 Å². The van der Waals surface area contributed by atoms with Gasteiger partial charge < -0.3 is 19.5 Å². The number of aryl methyl sites for hydroxylation is 1. The summed E-state index contributed by atoms with van der Waals surface area (Å²) in [5.74, 6) is 1.19. The van der Waals surface area contributed by atoms with Gasteiger partial charge in [0.1, 0.15) is 12.4 Å². The zero-order valence-corrected chi connectivity index (χ0v) is 14.7. The van der Waals surface area contributed by atoms with E-state index in [0.717, 1.165) is 18.1 Å². The minimum atomic E-state index is -2.48. The van der Waals surface area contributed by atoms with Gasteiger partial charge in [-0.25, -0.2) is 8.78 Å². The maximum Gasteiger partial charge on any atom is 0.272 e. The molecule has 1 N–H and O–H groups in total. The second-order valence-corrected chi connectivity index (χ2v) is 5.72. The highest BCUT2D eigenvalue weighted by atomic mass is 19.3. The van der Waals surface area contributed by atoms with Crippen molar-refractivity contribution in [3.8, 4) is 5.75 Å². The summed E-state index contributed by atoms with van der Waals surface area (Å²) in [6.45, 7) is 0.648. The minimum absolute atomic E-state index is 0.437. The summed E-state index contributed by atoms with van der Waals surface area (Å²) in [6.07, 6.45) is -0.476. The predicted octanol–water partition coefficient (Wildman–Crippen LogP) is 2.88. The highest BCUT2D eigenvalue weighted by Gasteiger charge is 2.09. The van der Waals surface area contributed by atoms with Gasteiger partial charge in [0.2, 0.25) is 0 Å². The molecule has 0 bridgehead atoms. The smallest absolute Gasteiger partial charge is 0.272 e. The number of nitrogens with zero attached hydrogens (tertiary/aromatic N) is 3. The number of benzene rings is 1. The van der Waals surface area contributed by atoms with Crippen LogP contribution in [0, 0.1) is 0 Å². The molecule has 0 saturated heterocycles. The zero-order valence-electron chi connectivity index (χ0n) is 14.7. The Morgan fingerprint density at radius 1 is 1.32 bits per heavy atom. The third kappa shape index (κ3) is 5.77. The van der Waals surface area contributed by atoms with E-state index < -0.39 is 13.0 Å². The van der Waals surface area contributed by atoms with Crippen LogP contribution in [0.5, 0.6) is 5.75 Å². The predicted molar refractivity (Wildman–Crippen MR) is 95.0 cm³/mol. The monoisotopic (exact) mass is 350 g/mol. The van der Waals surface area contributed by atoms with E-state index >= 15 is 0 Å². The number of alkyl halides is 2. The summed E-state index contributed by atoms with van der Waals surface area (Å²) in [6, 6.07) is 11.2. The van der Waals surface area contributed by atoms with Crippen molar-refractivity contribution in [3.63, 3.8) is 0 Å². The van der Waals surface area contributed by atoms with Gasteiger partial charge in [-0.2, -0.15) is 0 Å². The van der Waals surface area contributed by atoms with Crippen LogP contribution in [0.25, 0.3) is 0 Å². The number of halogens is 2. The molecule has 0 spiro atoms. The van der Waals surface area contributed by atoms with E-state index in [0.29, 0.717) is 12.3 Å². The minimum Gasteiger partial charge on any atom is -0.488 e. The molecule has 0 aliphatic rings. The summed E-state index contributed by atoms with van der Waals surface area (Å²) in [5, 5.41) is 3.27. The molecule has 0 atom stereocenters. The lowest BCUT2D eigenvalue weighted by Crippen LogP contribution is -2.38. The average molecular weight is 350 g/mol. The fraction of sp³-hybridized carbons (Fsp3) is 0.389. The Kier molecular flexibility index (Phi) is 6.80. The van der Waals surface area contributed by atoms with Gasteiger partial charge in [0, 0.05) is 39.6 Å². The number of aliphatic imine (C=N–C) groups is 1. The summed E-state index contributed by atoms with van der Waals surface area (Å²) in [5.41, 5.74) is 2.10. The van der Waals surface area contributed by atoms with Gasteiger partial charge >= 0.3 is 0 Å². The van der Waals surface area contributed by atoms with Gasteiger partial charge in [0.05, 0.1) is 6.54 Å². The van der Waals surface area contributed by atoms with Gasteiger partial charge in [-0.15, -0.1) is 0 Å². The molecular formula is C18H24F2N4O. The van der Waals surface area contributed by atoms with E-state index in [1.165, 1.54) is 5.69 Å². The molecule has 2 rings (SSSR count). The molecule has 136 valence electrons. The SMILES string of the molecule is CN=C(NCc1cccc(OCC(F)F)c1)N(C)Cc1cccn1C. The van der Waals surface area contributed by atoms with Crippen LogP contribution in [0.1, 0.15) is 11.3 Å². The van der Waals surface area contributed by atoms with Crippen LogP contribution in [-0.4, -0.2) is 42.6 Å². The molecule has 0 aliphatic heterocycles. The van der Waals surface area contributed by atoms with Crippen LogP contribution < -0.4 is 10.1 Å². The van der Waals surface area contributed by atoms with Crippen molar-refractivity contribution in [1.29, 1.82) is 0 Å². The number of aromatic nitrogens is 1. The highest BCUT2D eigenvalue weighted by molar-refractivity contribution is 5.79. The van der Waals surface area contributed by atoms with E-state index in [9.17, 15) is 8.78 Å². The fourth-order valence-corrected chi connectivity index (χ4v) is 2.45. The van der Waals surface area contributed by atoms with Crippen molar-refractivity contribution >= 4 is 5.96 Å². The molecule has 7 heteroatoms. The van der Waals surface area contributed by atoms with Crippen molar-refractivity contribution in [2.24, 2.45) is 12.0 Å². The first kappa shape index (κ1) is 18.8. The highest BCUT2D eigenvalue weighted by Crippen LogP contribution is 2.14. The van der Waals surface area contributed by atoms with Crippen molar-refractivity contribution in [3.05, 3.63) is 53.9 Å². The number of hydrogen-bond donors (Lipinski definition) is 1.